The lowest BCUT2D eigenvalue weighted by Crippen LogP contribution is -2.35. The molecule has 0 aliphatic heterocycles. The standard InChI is InChI=1S/C7H13NO4/c1-7(2,3)12-6(11)8-4-5(9)10/h4H2,1-3H3,(H,8,11)(H,9,10)/i4+1D2,5+1,8+1. The van der Waals surface area contributed by atoms with Gasteiger partial charge in [0.15, 0.2) is 0 Å². The highest BCUT2D eigenvalue weighted by Gasteiger charge is 2.15. The molecule has 0 fully saturated rings. The topological polar surface area (TPSA) is 75.6 Å². The van der Waals surface area contributed by atoms with Gasteiger partial charge in [0.1, 0.15) is 12.1 Å². The molecule has 5 nitrogen and oxygen atoms in total. The Bertz CT molecular complexity index is 247. The molecule has 0 aromatic rings. The summed E-state index contributed by atoms with van der Waals surface area (Å²) in [7, 11) is 0. The van der Waals surface area contributed by atoms with Gasteiger partial charge in [-0.2, -0.15) is 0 Å². The number of rotatable bonds is 2. The van der Waals surface area contributed by atoms with Crippen LogP contribution in [0, 0.1) is 0 Å². The average Bonchev–Trinajstić information content (AvgIpc) is 1.79. The van der Waals surface area contributed by atoms with Crippen molar-refractivity contribution in [2.24, 2.45) is 0 Å². The van der Waals surface area contributed by atoms with Crippen LogP contribution in [0.4, 0.5) is 4.79 Å². The minimum absolute atomic E-state index is 0.793. The van der Waals surface area contributed by atoms with E-state index in [1.54, 1.807) is 26.1 Å². The van der Waals surface area contributed by atoms with Crippen molar-refractivity contribution in [1.29, 1.82) is 0 Å². The first-order chi connectivity index (χ1) is 6.04. The van der Waals surface area contributed by atoms with Crippen LogP contribution in [0.1, 0.15) is 23.5 Å². The molecule has 5 heteroatoms. The largest absolute Gasteiger partial charge is 0.480 e. The van der Waals surface area contributed by atoms with E-state index in [0.717, 1.165) is 0 Å². The molecule has 0 spiro atoms. The fourth-order valence-corrected chi connectivity index (χ4v) is 0.408. The van der Waals surface area contributed by atoms with Gasteiger partial charge in [0.25, 0.3) is 0 Å². The molecule has 0 bridgehead atoms. The number of hydrogen-bond acceptors (Lipinski definition) is 3. The molecule has 0 aromatic heterocycles. The number of hydrogen-bond donors (Lipinski definition) is 2. The molecule has 12 heavy (non-hydrogen) atoms. The van der Waals surface area contributed by atoms with Crippen molar-refractivity contribution in [2.45, 2.75) is 26.4 Å². The molecule has 0 heterocycles. The molecule has 0 saturated heterocycles. The highest BCUT2D eigenvalue weighted by atomic mass is 16.6. The van der Waals surface area contributed by atoms with Gasteiger partial charge < -0.3 is 15.2 Å². The predicted octanol–water partition coefficient (Wildman–Crippen LogP) is 0.596. The van der Waals surface area contributed by atoms with Crippen LogP contribution < -0.4 is 5.32 Å². The third-order valence-corrected chi connectivity index (χ3v) is 0.670. The third kappa shape index (κ3) is 6.85. The lowest BCUT2D eigenvalue weighted by molar-refractivity contribution is -0.136. The lowest BCUT2D eigenvalue weighted by atomic mass is 10.2. The number of ether oxygens (including phenoxy) is 1. The second kappa shape index (κ2) is 3.94. The number of alkyl carbamates (subject to hydrolysis) is 1. The Hall–Kier alpha value is -1.26. The molecule has 0 aliphatic carbocycles. The van der Waals surface area contributed by atoms with Crippen LogP contribution >= 0.6 is 0 Å². The van der Waals surface area contributed by atoms with Gasteiger partial charge in [-0.25, -0.2) is 4.79 Å². The van der Waals surface area contributed by atoms with Gasteiger partial charge >= 0.3 is 12.1 Å². The minimum atomic E-state index is -2.82. The molecule has 1 amide bonds. The smallest absolute Gasteiger partial charge is 0.408 e. The molecule has 0 saturated carbocycles. The summed E-state index contributed by atoms with van der Waals surface area (Å²) in [4.78, 5) is 21.2. The summed E-state index contributed by atoms with van der Waals surface area (Å²) in [5.41, 5.74) is -0.793. The van der Waals surface area contributed by atoms with E-state index in [-0.39, 0.29) is 0 Å². The maximum Gasteiger partial charge on any atom is 0.408 e. The van der Waals surface area contributed by atoms with Crippen LogP contribution in [0.3, 0.4) is 0 Å². The summed E-state index contributed by atoms with van der Waals surface area (Å²) in [6.07, 6.45) is -1.11. The SMILES string of the molecule is [2H][13C]([2H])([15NH]C(=O)OC(C)(C)C)[13C](=O)O. The van der Waals surface area contributed by atoms with Crippen molar-refractivity contribution in [1.82, 2.24) is 5.32 Å². The van der Waals surface area contributed by atoms with Crippen LogP contribution in [0.2, 0.25) is 0 Å². The first-order valence-corrected chi connectivity index (χ1v) is 3.29. The van der Waals surface area contributed by atoms with E-state index in [1.165, 1.54) is 0 Å². The van der Waals surface area contributed by atoms with E-state index in [1.807, 2.05) is 0 Å². The molecular formula is C7H13NO4. The number of carboxylic acid groups (broad SMARTS) is 1. The van der Waals surface area contributed by atoms with Crippen molar-refractivity contribution < 1.29 is 22.2 Å². The number of nitrogens with one attached hydrogen (secondary N) is 1. The zero-order valence-corrected chi connectivity index (χ0v) is 7.17. The average molecular weight is 180 g/mol. The van der Waals surface area contributed by atoms with Gasteiger partial charge in [-0.3, -0.25) is 4.79 Å². The number of aliphatic carboxylic acids is 1. The Morgan fingerprint density at radius 1 is 1.58 bits per heavy atom. The van der Waals surface area contributed by atoms with Gasteiger partial charge in [0.2, 0.25) is 0 Å². The van der Waals surface area contributed by atoms with E-state index < -0.39 is 24.2 Å². The van der Waals surface area contributed by atoms with Gasteiger partial charge in [0, 0.05) is 0 Å². The number of amides is 1. The molecular weight excluding hydrogens is 165 g/mol. The van der Waals surface area contributed by atoms with Gasteiger partial charge in [-0.1, -0.05) is 0 Å². The number of carbonyl (C=O) groups excluding carboxylic acids is 1. The maximum absolute atomic E-state index is 10.9. The van der Waals surface area contributed by atoms with Crippen LogP contribution in [0.25, 0.3) is 0 Å². The first-order valence-electron chi connectivity index (χ1n) is 4.29. The molecule has 0 unspecified atom stereocenters. The first kappa shape index (κ1) is 7.39. The zero-order chi connectivity index (χ0) is 11.6. The number of carbonyl (C=O) groups is 2. The van der Waals surface area contributed by atoms with Gasteiger partial charge in [-0.05, 0) is 20.8 Å². The number of carboxylic acids is 1. The molecule has 0 aromatic carbocycles. The highest BCUT2D eigenvalue weighted by Crippen LogP contribution is 2.05. The van der Waals surface area contributed by atoms with E-state index in [2.05, 4.69) is 4.74 Å². The Labute approximate surface area is 73.5 Å². The van der Waals surface area contributed by atoms with Crippen molar-refractivity contribution in [3.8, 4) is 0 Å². The Kier molecular flexibility index (Phi) is 2.43. The second-order valence-corrected chi connectivity index (χ2v) is 3.06. The van der Waals surface area contributed by atoms with Gasteiger partial charge in [0.05, 0.1) is 2.74 Å². The summed E-state index contributed by atoms with van der Waals surface area (Å²) >= 11 is 0. The monoisotopic (exact) mass is 180 g/mol. The molecule has 2 N–H and O–H groups in total. The summed E-state index contributed by atoms with van der Waals surface area (Å²) in [5.74, 6) is -1.77. The second-order valence-electron chi connectivity index (χ2n) is 3.06. The fourth-order valence-electron chi connectivity index (χ4n) is 0.408. The maximum atomic E-state index is 10.9. The van der Waals surface area contributed by atoms with Crippen LogP contribution in [-0.2, 0) is 9.53 Å². The molecule has 70 valence electrons. The Morgan fingerprint density at radius 2 is 2.08 bits per heavy atom. The summed E-state index contributed by atoms with van der Waals surface area (Å²) in [5, 5.41) is 9.93. The van der Waals surface area contributed by atoms with E-state index in [0.29, 0.717) is 0 Å². The van der Waals surface area contributed by atoms with E-state index in [9.17, 15) is 9.59 Å². The van der Waals surface area contributed by atoms with E-state index >= 15 is 0 Å². The minimum Gasteiger partial charge on any atom is -0.480 e. The summed E-state index contributed by atoms with van der Waals surface area (Å²) < 4.78 is 18.4. The van der Waals surface area contributed by atoms with Crippen molar-refractivity contribution in [3.05, 3.63) is 0 Å². The third-order valence-electron chi connectivity index (χ3n) is 0.670. The lowest BCUT2D eigenvalue weighted by Gasteiger charge is -2.19. The molecule has 0 atom stereocenters. The van der Waals surface area contributed by atoms with Crippen molar-refractivity contribution >= 4 is 12.1 Å². The molecule has 0 radical (unpaired) electrons. The molecule has 0 rings (SSSR count). The summed E-state index contributed by atoms with van der Waals surface area (Å²) in [6.45, 7) is 1.94. The quantitative estimate of drug-likeness (QED) is 0.482. The Morgan fingerprint density at radius 3 is 2.42 bits per heavy atom. The highest BCUT2D eigenvalue weighted by molar-refractivity contribution is 5.76. The van der Waals surface area contributed by atoms with Gasteiger partial charge in [-0.15, -0.1) is 0 Å². The van der Waals surface area contributed by atoms with Crippen molar-refractivity contribution in [3.63, 3.8) is 0 Å². The molecule has 0 aliphatic rings. The Balaban J connectivity index is 4.27. The summed E-state index contributed by atoms with van der Waals surface area (Å²) in [6, 6.07) is 0. The van der Waals surface area contributed by atoms with Crippen molar-refractivity contribution in [2.75, 3.05) is 6.50 Å². The normalized spacial score (nSPS) is 14.2. The fraction of sp³-hybridized carbons (Fsp3) is 0.714. The predicted molar refractivity (Wildman–Crippen MR) is 41.9 cm³/mol. The van der Waals surface area contributed by atoms with E-state index in [4.69, 9.17) is 7.85 Å². The van der Waals surface area contributed by atoms with Crippen LogP contribution in [-0.4, -0.2) is 29.3 Å². The van der Waals surface area contributed by atoms with Crippen LogP contribution in [0.15, 0.2) is 0 Å². The zero-order valence-electron chi connectivity index (χ0n) is 9.17. The van der Waals surface area contributed by atoms with Crippen LogP contribution in [0.5, 0.6) is 0 Å².